The molecule has 3 N–H and O–H groups in total. The van der Waals surface area contributed by atoms with E-state index in [-0.39, 0.29) is 0 Å². The summed E-state index contributed by atoms with van der Waals surface area (Å²) < 4.78 is 0. The molecule has 1 saturated heterocycles. The summed E-state index contributed by atoms with van der Waals surface area (Å²) >= 11 is 2.06. The van der Waals surface area contributed by atoms with Gasteiger partial charge in [0.05, 0.1) is 17.6 Å². The molecule has 1 aromatic rings. The number of pyridine rings is 1. The van der Waals surface area contributed by atoms with Gasteiger partial charge < -0.3 is 11.1 Å². The van der Waals surface area contributed by atoms with Crippen molar-refractivity contribution in [3.05, 3.63) is 18.5 Å². The number of aromatic nitrogens is 1. The highest BCUT2D eigenvalue weighted by Crippen LogP contribution is 2.23. The maximum Gasteiger partial charge on any atom is 0.0547 e. The summed E-state index contributed by atoms with van der Waals surface area (Å²) in [5.41, 5.74) is 7.42. The Balaban J connectivity index is 1.81. The third-order valence-corrected chi connectivity index (χ3v) is 3.74. The van der Waals surface area contributed by atoms with Gasteiger partial charge in [0, 0.05) is 12.7 Å². The van der Waals surface area contributed by atoms with Crippen LogP contribution >= 0.6 is 11.8 Å². The van der Waals surface area contributed by atoms with Gasteiger partial charge in [-0.05, 0) is 36.3 Å². The topological polar surface area (TPSA) is 50.9 Å². The van der Waals surface area contributed by atoms with Crippen LogP contribution in [0.1, 0.15) is 12.8 Å². The van der Waals surface area contributed by atoms with Crippen LogP contribution in [0, 0.1) is 5.92 Å². The van der Waals surface area contributed by atoms with Gasteiger partial charge in [-0.3, -0.25) is 4.98 Å². The van der Waals surface area contributed by atoms with Gasteiger partial charge in [0.1, 0.15) is 0 Å². The summed E-state index contributed by atoms with van der Waals surface area (Å²) in [6, 6.07) is 1.94. The van der Waals surface area contributed by atoms with Crippen LogP contribution in [0.4, 0.5) is 11.4 Å². The molecule has 2 rings (SSSR count). The first kappa shape index (κ1) is 10.6. The van der Waals surface area contributed by atoms with Crippen molar-refractivity contribution in [3.8, 4) is 0 Å². The second kappa shape index (κ2) is 5.26. The molecule has 0 atom stereocenters. The van der Waals surface area contributed by atoms with Crippen LogP contribution < -0.4 is 11.1 Å². The van der Waals surface area contributed by atoms with Crippen LogP contribution in [0.3, 0.4) is 0 Å². The van der Waals surface area contributed by atoms with E-state index in [1.807, 2.05) is 12.3 Å². The van der Waals surface area contributed by atoms with E-state index in [1.165, 1.54) is 24.3 Å². The Morgan fingerprint density at radius 1 is 1.40 bits per heavy atom. The zero-order valence-corrected chi connectivity index (χ0v) is 9.59. The molecule has 1 fully saturated rings. The van der Waals surface area contributed by atoms with Gasteiger partial charge in [-0.15, -0.1) is 0 Å². The third kappa shape index (κ3) is 3.30. The number of thioether (sulfide) groups is 1. The standard InChI is InChI=1S/C11H17N3S/c12-10-5-11(8-13-7-10)14-6-9-1-3-15-4-2-9/h5,7-9,14H,1-4,6,12H2. The van der Waals surface area contributed by atoms with Gasteiger partial charge >= 0.3 is 0 Å². The van der Waals surface area contributed by atoms with Gasteiger partial charge in [-0.25, -0.2) is 0 Å². The van der Waals surface area contributed by atoms with Crippen LogP contribution in [0.15, 0.2) is 18.5 Å². The van der Waals surface area contributed by atoms with E-state index in [0.29, 0.717) is 0 Å². The minimum atomic E-state index is 0.721. The first-order valence-electron chi connectivity index (χ1n) is 5.37. The molecule has 1 aromatic heterocycles. The third-order valence-electron chi connectivity index (χ3n) is 2.70. The number of rotatable bonds is 3. The molecule has 0 aromatic carbocycles. The van der Waals surface area contributed by atoms with Gasteiger partial charge in [0.2, 0.25) is 0 Å². The Hall–Kier alpha value is -0.900. The molecule has 1 aliphatic rings. The number of nitrogens with two attached hydrogens (primary N) is 1. The molecule has 0 radical (unpaired) electrons. The molecule has 0 amide bonds. The van der Waals surface area contributed by atoms with Crippen molar-refractivity contribution in [1.82, 2.24) is 4.98 Å². The molecule has 3 nitrogen and oxygen atoms in total. The van der Waals surface area contributed by atoms with Crippen LogP contribution in [0.2, 0.25) is 0 Å². The Bertz CT molecular complexity index is 310. The molecule has 15 heavy (non-hydrogen) atoms. The summed E-state index contributed by atoms with van der Waals surface area (Å²) in [5.74, 6) is 3.43. The fraction of sp³-hybridized carbons (Fsp3) is 0.545. The summed E-state index contributed by atoms with van der Waals surface area (Å²) in [5, 5.41) is 3.40. The maximum absolute atomic E-state index is 5.66. The SMILES string of the molecule is Nc1cncc(NCC2CCSCC2)c1. The fourth-order valence-corrected chi connectivity index (χ4v) is 2.97. The average Bonchev–Trinajstić information content (AvgIpc) is 2.28. The highest BCUT2D eigenvalue weighted by Gasteiger charge is 2.12. The lowest BCUT2D eigenvalue weighted by atomic mass is 10.0. The zero-order valence-electron chi connectivity index (χ0n) is 8.78. The van der Waals surface area contributed by atoms with E-state index < -0.39 is 0 Å². The van der Waals surface area contributed by atoms with Crippen molar-refractivity contribution in [3.63, 3.8) is 0 Å². The highest BCUT2D eigenvalue weighted by atomic mass is 32.2. The molecule has 1 aliphatic heterocycles. The predicted molar refractivity (Wildman–Crippen MR) is 67.2 cm³/mol. The van der Waals surface area contributed by atoms with E-state index in [2.05, 4.69) is 22.1 Å². The van der Waals surface area contributed by atoms with Crippen LogP contribution in [-0.4, -0.2) is 23.0 Å². The summed E-state index contributed by atoms with van der Waals surface area (Å²) in [6.07, 6.45) is 6.15. The van der Waals surface area contributed by atoms with E-state index in [4.69, 9.17) is 5.73 Å². The second-order valence-corrected chi connectivity index (χ2v) is 5.17. The number of nitrogens with one attached hydrogen (secondary N) is 1. The van der Waals surface area contributed by atoms with Crippen molar-refractivity contribution in [1.29, 1.82) is 0 Å². The van der Waals surface area contributed by atoms with E-state index >= 15 is 0 Å². The Kier molecular flexibility index (Phi) is 3.72. The molecular formula is C11H17N3S. The lowest BCUT2D eigenvalue weighted by Crippen LogP contribution is -2.19. The van der Waals surface area contributed by atoms with Crippen LogP contribution in [0.25, 0.3) is 0 Å². The van der Waals surface area contributed by atoms with Crippen molar-refractivity contribution >= 4 is 23.1 Å². The lowest BCUT2D eigenvalue weighted by Gasteiger charge is -2.21. The van der Waals surface area contributed by atoms with Gasteiger partial charge in [-0.1, -0.05) is 0 Å². The number of anilines is 2. The zero-order chi connectivity index (χ0) is 10.5. The second-order valence-electron chi connectivity index (χ2n) is 3.94. The number of nitrogen functional groups attached to an aromatic ring is 1. The maximum atomic E-state index is 5.66. The first-order chi connectivity index (χ1) is 7.34. The summed E-state index contributed by atoms with van der Waals surface area (Å²) in [4.78, 5) is 4.06. The molecule has 2 heterocycles. The average molecular weight is 223 g/mol. The molecule has 0 aliphatic carbocycles. The van der Waals surface area contributed by atoms with E-state index in [1.54, 1.807) is 6.20 Å². The van der Waals surface area contributed by atoms with Crippen LogP contribution in [0.5, 0.6) is 0 Å². The number of hydrogen-bond donors (Lipinski definition) is 2. The number of nitrogens with zero attached hydrogens (tertiary/aromatic N) is 1. The molecule has 0 saturated carbocycles. The first-order valence-corrected chi connectivity index (χ1v) is 6.52. The predicted octanol–water partition coefficient (Wildman–Crippen LogP) is 2.22. The Labute approximate surface area is 94.8 Å². The highest BCUT2D eigenvalue weighted by molar-refractivity contribution is 7.99. The largest absolute Gasteiger partial charge is 0.397 e. The summed E-state index contributed by atoms with van der Waals surface area (Å²) in [7, 11) is 0. The molecule has 0 unspecified atom stereocenters. The monoisotopic (exact) mass is 223 g/mol. The lowest BCUT2D eigenvalue weighted by molar-refractivity contribution is 0.516. The molecule has 0 bridgehead atoms. The number of hydrogen-bond acceptors (Lipinski definition) is 4. The van der Waals surface area contributed by atoms with Gasteiger partial charge in [0.25, 0.3) is 0 Å². The Morgan fingerprint density at radius 3 is 2.93 bits per heavy atom. The van der Waals surface area contributed by atoms with Crippen molar-refractivity contribution in [2.45, 2.75) is 12.8 Å². The fourth-order valence-electron chi connectivity index (χ4n) is 1.77. The molecule has 82 valence electrons. The van der Waals surface area contributed by atoms with Crippen LogP contribution in [-0.2, 0) is 0 Å². The Morgan fingerprint density at radius 2 is 2.20 bits per heavy atom. The minimum Gasteiger partial charge on any atom is -0.397 e. The normalized spacial score (nSPS) is 17.6. The van der Waals surface area contributed by atoms with Gasteiger partial charge in [0.15, 0.2) is 0 Å². The van der Waals surface area contributed by atoms with Gasteiger partial charge in [-0.2, -0.15) is 11.8 Å². The molecule has 4 heteroatoms. The molecular weight excluding hydrogens is 206 g/mol. The smallest absolute Gasteiger partial charge is 0.0547 e. The van der Waals surface area contributed by atoms with Crippen molar-refractivity contribution < 1.29 is 0 Å². The van der Waals surface area contributed by atoms with E-state index in [0.717, 1.165) is 23.8 Å². The molecule has 0 spiro atoms. The minimum absolute atomic E-state index is 0.721. The van der Waals surface area contributed by atoms with Crippen molar-refractivity contribution in [2.75, 3.05) is 29.1 Å². The van der Waals surface area contributed by atoms with Crippen molar-refractivity contribution in [2.24, 2.45) is 5.92 Å². The van der Waals surface area contributed by atoms with E-state index in [9.17, 15) is 0 Å². The quantitative estimate of drug-likeness (QED) is 0.825. The summed E-state index contributed by atoms with van der Waals surface area (Å²) in [6.45, 7) is 1.05.